The van der Waals surface area contributed by atoms with E-state index >= 15 is 0 Å². The van der Waals surface area contributed by atoms with Crippen LogP contribution < -0.4 is 5.73 Å². The molecule has 2 N–H and O–H groups in total. The van der Waals surface area contributed by atoms with Gasteiger partial charge in [0.2, 0.25) is 0 Å². The summed E-state index contributed by atoms with van der Waals surface area (Å²) in [5.41, 5.74) is 6.13. The smallest absolute Gasteiger partial charge is 0.0575 e. The molecule has 0 heterocycles. The van der Waals surface area contributed by atoms with Crippen LogP contribution in [0.25, 0.3) is 0 Å². The van der Waals surface area contributed by atoms with Gasteiger partial charge in [0.15, 0.2) is 0 Å². The molecule has 1 fully saturated rings. The van der Waals surface area contributed by atoms with E-state index in [9.17, 15) is 0 Å². The Balaban J connectivity index is 2.33. The number of nitrogens with two attached hydrogens (primary N) is 1. The minimum absolute atomic E-state index is 0.0186. The van der Waals surface area contributed by atoms with Gasteiger partial charge in [0.25, 0.3) is 0 Å². The van der Waals surface area contributed by atoms with Gasteiger partial charge in [-0.1, -0.05) is 12.8 Å². The minimum atomic E-state index is 0.0186. The normalized spacial score (nSPS) is 22.9. The van der Waals surface area contributed by atoms with E-state index in [1.807, 2.05) is 12.1 Å². The highest BCUT2D eigenvalue weighted by molar-refractivity contribution is 4.90. The number of hydrogen-bond donors (Lipinski definition) is 1. The first-order valence-corrected chi connectivity index (χ1v) is 4.20. The van der Waals surface area contributed by atoms with Gasteiger partial charge in [-0.15, -0.1) is 0 Å². The lowest BCUT2D eigenvalue weighted by Crippen LogP contribution is -2.46. The molecule has 0 amide bonds. The molecule has 0 atom stereocenters. The van der Waals surface area contributed by atoms with Crippen LogP contribution in [0.2, 0.25) is 0 Å². The fourth-order valence-corrected chi connectivity index (χ4v) is 1.75. The van der Waals surface area contributed by atoms with Gasteiger partial charge < -0.3 is 10.6 Å². The molecule has 0 aromatic carbocycles. The van der Waals surface area contributed by atoms with E-state index in [0.717, 1.165) is 19.4 Å². The second-order valence-corrected chi connectivity index (χ2v) is 3.54. The molecule has 3 heteroatoms. The molecule has 0 aromatic rings. The largest absolute Gasteiger partial charge is 0.324 e. The molecule has 11 heavy (non-hydrogen) atoms. The molecule has 0 saturated heterocycles. The monoisotopic (exact) mass is 158 g/mol. The van der Waals surface area contributed by atoms with Crippen LogP contribution in [0.3, 0.4) is 0 Å². The molecule has 1 aliphatic carbocycles. The Hall–Kier alpha value is -0.120. The van der Waals surface area contributed by atoms with Crippen LogP contribution in [0.5, 0.6) is 0 Å². The topological polar surface area (TPSA) is 38.5 Å². The highest BCUT2D eigenvalue weighted by Gasteiger charge is 2.30. The zero-order valence-electron chi connectivity index (χ0n) is 7.47. The maximum atomic E-state index is 6.11. The maximum Gasteiger partial charge on any atom is 0.0575 e. The Morgan fingerprint density at radius 2 is 2.00 bits per heavy atom. The Morgan fingerprint density at radius 1 is 1.45 bits per heavy atom. The van der Waals surface area contributed by atoms with E-state index in [-0.39, 0.29) is 5.54 Å². The summed E-state index contributed by atoms with van der Waals surface area (Å²) in [6.07, 6.45) is 4.82. The number of rotatable bonds is 3. The zero-order valence-corrected chi connectivity index (χ0v) is 7.47. The average molecular weight is 158 g/mol. The average Bonchev–Trinajstić information content (AvgIpc) is 2.36. The first-order valence-electron chi connectivity index (χ1n) is 4.20. The van der Waals surface area contributed by atoms with Crippen molar-refractivity contribution in [3.63, 3.8) is 0 Å². The van der Waals surface area contributed by atoms with Crippen LogP contribution >= 0.6 is 0 Å². The third kappa shape index (κ3) is 2.43. The Kier molecular flexibility index (Phi) is 2.87. The van der Waals surface area contributed by atoms with E-state index in [4.69, 9.17) is 10.6 Å². The van der Waals surface area contributed by atoms with Crippen LogP contribution in [0, 0.1) is 0 Å². The lowest BCUT2D eigenvalue weighted by Gasteiger charge is -2.27. The molecular formula is C8H18N2O. The fraction of sp³-hybridized carbons (Fsp3) is 1.00. The summed E-state index contributed by atoms with van der Waals surface area (Å²) in [5.74, 6) is 0. The number of hydrogen-bond acceptors (Lipinski definition) is 3. The molecule has 3 nitrogen and oxygen atoms in total. The van der Waals surface area contributed by atoms with Crippen LogP contribution in [-0.2, 0) is 4.84 Å². The van der Waals surface area contributed by atoms with Gasteiger partial charge in [-0.25, -0.2) is 0 Å². The van der Waals surface area contributed by atoms with Gasteiger partial charge in [-0.05, 0) is 12.8 Å². The molecule has 0 unspecified atom stereocenters. The molecule has 0 aliphatic heterocycles. The van der Waals surface area contributed by atoms with Gasteiger partial charge in [0, 0.05) is 19.1 Å². The van der Waals surface area contributed by atoms with Crippen molar-refractivity contribution in [3.8, 4) is 0 Å². The van der Waals surface area contributed by atoms with Gasteiger partial charge in [0.05, 0.1) is 7.11 Å². The molecule has 1 rings (SSSR count). The molecule has 0 spiro atoms. The van der Waals surface area contributed by atoms with Crippen molar-refractivity contribution in [3.05, 3.63) is 0 Å². The predicted molar refractivity (Wildman–Crippen MR) is 45.0 cm³/mol. The summed E-state index contributed by atoms with van der Waals surface area (Å²) in [5, 5.41) is 1.81. The zero-order chi connectivity index (χ0) is 8.32. The van der Waals surface area contributed by atoms with E-state index in [1.165, 1.54) is 12.8 Å². The van der Waals surface area contributed by atoms with Crippen LogP contribution in [0.4, 0.5) is 0 Å². The fourth-order valence-electron chi connectivity index (χ4n) is 1.75. The van der Waals surface area contributed by atoms with Crippen molar-refractivity contribution < 1.29 is 4.84 Å². The summed E-state index contributed by atoms with van der Waals surface area (Å²) in [6.45, 7) is 0.851. The highest BCUT2D eigenvalue weighted by Crippen LogP contribution is 2.27. The Bertz CT molecular complexity index is 121. The summed E-state index contributed by atoms with van der Waals surface area (Å²) in [6, 6.07) is 0. The van der Waals surface area contributed by atoms with Gasteiger partial charge in [-0.3, -0.25) is 0 Å². The molecule has 0 bridgehead atoms. The molecule has 1 saturated carbocycles. The molecule has 1 aliphatic rings. The molecule has 0 aromatic heterocycles. The maximum absolute atomic E-state index is 6.11. The number of likely N-dealkylation sites (N-methyl/N-ethyl adjacent to an activating group) is 1. The standard InChI is InChI=1S/C8H18N2O/c1-10(11-2)7-8(9)5-3-4-6-8/h3-7,9H2,1-2H3. The van der Waals surface area contributed by atoms with Crippen molar-refractivity contribution in [2.24, 2.45) is 5.73 Å². The second-order valence-electron chi connectivity index (χ2n) is 3.54. The lowest BCUT2D eigenvalue weighted by molar-refractivity contribution is -0.120. The third-order valence-corrected chi connectivity index (χ3v) is 2.45. The van der Waals surface area contributed by atoms with Crippen LogP contribution in [-0.4, -0.2) is 31.3 Å². The minimum Gasteiger partial charge on any atom is -0.324 e. The summed E-state index contributed by atoms with van der Waals surface area (Å²) in [7, 11) is 3.60. The second kappa shape index (κ2) is 3.52. The Labute approximate surface area is 68.5 Å². The van der Waals surface area contributed by atoms with E-state index in [1.54, 1.807) is 7.11 Å². The van der Waals surface area contributed by atoms with Crippen molar-refractivity contribution >= 4 is 0 Å². The third-order valence-electron chi connectivity index (χ3n) is 2.45. The number of hydroxylamine groups is 2. The summed E-state index contributed by atoms with van der Waals surface area (Å²) < 4.78 is 0. The SMILES string of the molecule is CON(C)CC1(N)CCCC1. The molecule has 0 radical (unpaired) electrons. The van der Waals surface area contributed by atoms with Crippen LogP contribution in [0.15, 0.2) is 0 Å². The quantitative estimate of drug-likeness (QED) is 0.616. The first-order chi connectivity index (χ1) is 5.16. The van der Waals surface area contributed by atoms with Crippen molar-refractivity contribution in [2.75, 3.05) is 20.7 Å². The van der Waals surface area contributed by atoms with Gasteiger partial charge in [0.1, 0.15) is 0 Å². The van der Waals surface area contributed by atoms with Crippen molar-refractivity contribution in [1.29, 1.82) is 0 Å². The first kappa shape index (κ1) is 8.97. The van der Waals surface area contributed by atoms with Crippen LogP contribution in [0.1, 0.15) is 25.7 Å². The van der Waals surface area contributed by atoms with E-state index in [0.29, 0.717) is 0 Å². The van der Waals surface area contributed by atoms with E-state index < -0.39 is 0 Å². The van der Waals surface area contributed by atoms with Crippen molar-refractivity contribution in [2.45, 2.75) is 31.2 Å². The van der Waals surface area contributed by atoms with E-state index in [2.05, 4.69) is 0 Å². The summed E-state index contributed by atoms with van der Waals surface area (Å²) >= 11 is 0. The predicted octanol–water partition coefficient (Wildman–Crippen LogP) is 0.751. The molecule has 66 valence electrons. The van der Waals surface area contributed by atoms with Gasteiger partial charge in [-0.2, -0.15) is 5.06 Å². The molecular weight excluding hydrogens is 140 g/mol. The lowest BCUT2D eigenvalue weighted by atomic mass is 9.99. The number of nitrogens with zero attached hydrogens (tertiary/aromatic N) is 1. The van der Waals surface area contributed by atoms with Gasteiger partial charge >= 0.3 is 0 Å². The Morgan fingerprint density at radius 3 is 2.45 bits per heavy atom. The highest BCUT2D eigenvalue weighted by atomic mass is 16.7. The van der Waals surface area contributed by atoms with Crippen molar-refractivity contribution in [1.82, 2.24) is 5.06 Å². The summed E-state index contributed by atoms with van der Waals surface area (Å²) in [4.78, 5) is 5.03.